The van der Waals surface area contributed by atoms with Gasteiger partial charge in [0, 0.05) is 6.54 Å². The highest BCUT2D eigenvalue weighted by Crippen LogP contribution is 2.25. The fourth-order valence-corrected chi connectivity index (χ4v) is 2.56. The SMILES string of the molecule is CCCNC(CO)(CCN(C)CCC)c1ccccc1. The maximum Gasteiger partial charge on any atom is 0.0681 e. The van der Waals surface area contributed by atoms with Gasteiger partial charge in [0.15, 0.2) is 0 Å². The Morgan fingerprint density at radius 1 is 1.10 bits per heavy atom. The fraction of sp³-hybridized carbons (Fsp3) is 0.647. The highest BCUT2D eigenvalue weighted by molar-refractivity contribution is 5.24. The van der Waals surface area contributed by atoms with Crippen LogP contribution in [0.3, 0.4) is 0 Å². The van der Waals surface area contributed by atoms with Crippen LogP contribution in [0, 0.1) is 0 Å². The maximum atomic E-state index is 10.0. The summed E-state index contributed by atoms with van der Waals surface area (Å²) < 4.78 is 0. The summed E-state index contributed by atoms with van der Waals surface area (Å²) in [5, 5.41) is 13.6. The molecule has 1 unspecified atom stereocenters. The van der Waals surface area contributed by atoms with Crippen LogP contribution >= 0.6 is 0 Å². The summed E-state index contributed by atoms with van der Waals surface area (Å²) >= 11 is 0. The number of nitrogens with one attached hydrogen (secondary N) is 1. The molecule has 0 spiro atoms. The number of hydrogen-bond donors (Lipinski definition) is 2. The lowest BCUT2D eigenvalue weighted by Crippen LogP contribution is -2.48. The van der Waals surface area contributed by atoms with Crippen molar-refractivity contribution in [3.05, 3.63) is 35.9 Å². The van der Waals surface area contributed by atoms with Crippen molar-refractivity contribution in [2.75, 3.05) is 33.3 Å². The summed E-state index contributed by atoms with van der Waals surface area (Å²) in [6.07, 6.45) is 3.15. The number of rotatable bonds is 10. The van der Waals surface area contributed by atoms with Gasteiger partial charge in [0.2, 0.25) is 0 Å². The summed E-state index contributed by atoms with van der Waals surface area (Å²) in [4.78, 5) is 2.33. The molecule has 3 nitrogen and oxygen atoms in total. The van der Waals surface area contributed by atoms with Gasteiger partial charge < -0.3 is 15.3 Å². The average Bonchev–Trinajstić information content (AvgIpc) is 2.49. The Morgan fingerprint density at radius 3 is 2.35 bits per heavy atom. The van der Waals surface area contributed by atoms with Crippen LogP contribution in [0.2, 0.25) is 0 Å². The first-order chi connectivity index (χ1) is 9.68. The van der Waals surface area contributed by atoms with E-state index in [2.05, 4.69) is 43.2 Å². The molecule has 0 saturated heterocycles. The molecule has 0 heterocycles. The van der Waals surface area contributed by atoms with Gasteiger partial charge >= 0.3 is 0 Å². The first kappa shape index (κ1) is 17.2. The Hall–Kier alpha value is -0.900. The van der Waals surface area contributed by atoms with Crippen LogP contribution < -0.4 is 5.32 Å². The average molecular weight is 278 g/mol. The summed E-state index contributed by atoms with van der Waals surface area (Å²) in [7, 11) is 2.15. The van der Waals surface area contributed by atoms with Crippen molar-refractivity contribution in [1.29, 1.82) is 0 Å². The van der Waals surface area contributed by atoms with Gasteiger partial charge in [-0.2, -0.15) is 0 Å². The number of nitrogens with zero attached hydrogens (tertiary/aromatic N) is 1. The van der Waals surface area contributed by atoms with Gasteiger partial charge in [-0.1, -0.05) is 44.2 Å². The smallest absolute Gasteiger partial charge is 0.0681 e. The van der Waals surface area contributed by atoms with Crippen molar-refractivity contribution >= 4 is 0 Å². The van der Waals surface area contributed by atoms with Gasteiger partial charge in [-0.15, -0.1) is 0 Å². The molecule has 3 heteroatoms. The molecule has 0 amide bonds. The minimum atomic E-state index is -0.320. The van der Waals surface area contributed by atoms with E-state index in [1.807, 2.05) is 18.2 Å². The van der Waals surface area contributed by atoms with E-state index in [1.165, 1.54) is 5.56 Å². The van der Waals surface area contributed by atoms with E-state index in [9.17, 15) is 5.11 Å². The second-order valence-electron chi connectivity index (χ2n) is 5.59. The van der Waals surface area contributed by atoms with E-state index in [0.29, 0.717) is 0 Å². The lowest BCUT2D eigenvalue weighted by Gasteiger charge is -2.35. The second kappa shape index (κ2) is 9.11. The Balaban J connectivity index is 2.82. The Kier molecular flexibility index (Phi) is 7.82. The molecule has 0 saturated carbocycles. The fourth-order valence-electron chi connectivity index (χ4n) is 2.56. The van der Waals surface area contributed by atoms with Gasteiger partial charge in [-0.3, -0.25) is 0 Å². The first-order valence-corrected chi connectivity index (χ1v) is 7.78. The van der Waals surface area contributed by atoms with Crippen LogP contribution in [0.25, 0.3) is 0 Å². The van der Waals surface area contributed by atoms with Crippen LogP contribution in [0.15, 0.2) is 30.3 Å². The van der Waals surface area contributed by atoms with Crippen molar-refractivity contribution in [2.45, 2.75) is 38.6 Å². The van der Waals surface area contributed by atoms with Crippen LogP contribution in [-0.2, 0) is 5.54 Å². The van der Waals surface area contributed by atoms with Gasteiger partial charge in [0.05, 0.1) is 12.1 Å². The van der Waals surface area contributed by atoms with Crippen LogP contribution in [0.1, 0.15) is 38.7 Å². The highest BCUT2D eigenvalue weighted by Gasteiger charge is 2.30. The molecule has 1 aromatic carbocycles. The zero-order valence-electron chi connectivity index (χ0n) is 13.2. The molecule has 0 bridgehead atoms. The lowest BCUT2D eigenvalue weighted by molar-refractivity contribution is 0.137. The number of aliphatic hydroxyl groups is 1. The van der Waals surface area contributed by atoms with E-state index in [0.717, 1.165) is 38.9 Å². The van der Waals surface area contributed by atoms with E-state index in [-0.39, 0.29) is 12.1 Å². The van der Waals surface area contributed by atoms with E-state index >= 15 is 0 Å². The van der Waals surface area contributed by atoms with Crippen molar-refractivity contribution < 1.29 is 5.11 Å². The Bertz CT molecular complexity index is 355. The van der Waals surface area contributed by atoms with Crippen molar-refractivity contribution in [3.63, 3.8) is 0 Å². The molecule has 0 fully saturated rings. The van der Waals surface area contributed by atoms with Crippen molar-refractivity contribution in [1.82, 2.24) is 10.2 Å². The molecule has 1 atom stereocenters. The van der Waals surface area contributed by atoms with Crippen LogP contribution in [0.4, 0.5) is 0 Å². The van der Waals surface area contributed by atoms with Crippen LogP contribution in [-0.4, -0.2) is 43.3 Å². The number of aliphatic hydroxyl groups excluding tert-OH is 1. The molecule has 1 rings (SSSR count). The predicted molar refractivity (Wildman–Crippen MR) is 85.9 cm³/mol. The maximum absolute atomic E-state index is 10.0. The zero-order valence-corrected chi connectivity index (χ0v) is 13.2. The van der Waals surface area contributed by atoms with E-state index < -0.39 is 0 Å². The molecular weight excluding hydrogens is 248 g/mol. The molecule has 2 N–H and O–H groups in total. The molecule has 114 valence electrons. The van der Waals surface area contributed by atoms with Gasteiger partial charge in [0.25, 0.3) is 0 Å². The summed E-state index contributed by atoms with van der Waals surface area (Å²) in [5.41, 5.74) is 0.861. The number of benzene rings is 1. The number of hydrogen-bond acceptors (Lipinski definition) is 3. The summed E-state index contributed by atoms with van der Waals surface area (Å²) in [6.45, 7) is 7.50. The third-order valence-electron chi connectivity index (χ3n) is 3.84. The molecule has 0 aliphatic carbocycles. The van der Waals surface area contributed by atoms with E-state index in [1.54, 1.807) is 0 Å². The third-order valence-corrected chi connectivity index (χ3v) is 3.84. The summed E-state index contributed by atoms with van der Waals surface area (Å²) in [6, 6.07) is 10.3. The minimum absolute atomic E-state index is 0.136. The molecule has 1 aromatic rings. The predicted octanol–water partition coefficient (Wildman–Crippen LogP) is 2.61. The quantitative estimate of drug-likeness (QED) is 0.690. The Morgan fingerprint density at radius 2 is 1.80 bits per heavy atom. The zero-order chi connectivity index (χ0) is 14.8. The third kappa shape index (κ3) is 4.89. The Labute approximate surface area is 124 Å². The van der Waals surface area contributed by atoms with Crippen molar-refractivity contribution in [2.24, 2.45) is 0 Å². The minimum Gasteiger partial charge on any atom is -0.394 e. The largest absolute Gasteiger partial charge is 0.394 e. The molecule has 0 radical (unpaired) electrons. The second-order valence-corrected chi connectivity index (χ2v) is 5.59. The molecule has 20 heavy (non-hydrogen) atoms. The van der Waals surface area contributed by atoms with Crippen LogP contribution in [0.5, 0.6) is 0 Å². The van der Waals surface area contributed by atoms with E-state index in [4.69, 9.17) is 0 Å². The van der Waals surface area contributed by atoms with Gasteiger partial charge in [0.1, 0.15) is 0 Å². The van der Waals surface area contributed by atoms with Crippen molar-refractivity contribution in [3.8, 4) is 0 Å². The topological polar surface area (TPSA) is 35.5 Å². The highest BCUT2D eigenvalue weighted by atomic mass is 16.3. The van der Waals surface area contributed by atoms with Gasteiger partial charge in [-0.05, 0) is 45.0 Å². The molecule has 0 aromatic heterocycles. The summed E-state index contributed by atoms with van der Waals surface area (Å²) in [5.74, 6) is 0. The molecule has 0 aliphatic heterocycles. The monoisotopic (exact) mass is 278 g/mol. The lowest BCUT2D eigenvalue weighted by atomic mass is 9.87. The van der Waals surface area contributed by atoms with Gasteiger partial charge in [-0.25, -0.2) is 0 Å². The standard InChI is InChI=1S/C17H30N2O/c1-4-12-18-17(15-20,11-14-19(3)13-5-2)16-9-7-6-8-10-16/h6-10,18,20H,4-5,11-15H2,1-3H3. The molecular formula is C17H30N2O. The first-order valence-electron chi connectivity index (χ1n) is 7.78. The normalized spacial score (nSPS) is 14.4. The molecule has 0 aliphatic rings.